The van der Waals surface area contributed by atoms with E-state index >= 15 is 0 Å². The predicted molar refractivity (Wildman–Crippen MR) is 77.1 cm³/mol. The molecule has 3 N–H and O–H groups in total. The highest BCUT2D eigenvalue weighted by molar-refractivity contribution is 5.39. The molecule has 19 heavy (non-hydrogen) atoms. The third-order valence-corrected chi connectivity index (χ3v) is 4.16. The first-order chi connectivity index (χ1) is 9.00. The van der Waals surface area contributed by atoms with Gasteiger partial charge in [-0.1, -0.05) is 38.0 Å². The lowest BCUT2D eigenvalue weighted by Crippen LogP contribution is -2.43. The summed E-state index contributed by atoms with van der Waals surface area (Å²) in [6.07, 6.45) is 4.08. The van der Waals surface area contributed by atoms with E-state index in [-0.39, 0.29) is 0 Å². The van der Waals surface area contributed by atoms with Gasteiger partial charge in [-0.2, -0.15) is 0 Å². The number of hydrogen-bond donors (Lipinski definition) is 3. The molecule has 0 saturated heterocycles. The molecule has 1 saturated carbocycles. The van der Waals surface area contributed by atoms with Gasteiger partial charge < -0.3 is 15.5 Å². The molecular weight excluding hydrogens is 238 g/mol. The first kappa shape index (κ1) is 14.4. The molecule has 1 fully saturated rings. The van der Waals surface area contributed by atoms with Crippen LogP contribution < -0.4 is 5.32 Å². The molecule has 1 aliphatic carbocycles. The van der Waals surface area contributed by atoms with Crippen molar-refractivity contribution in [3.05, 3.63) is 29.3 Å². The summed E-state index contributed by atoms with van der Waals surface area (Å²) in [7, 11) is 0. The monoisotopic (exact) mass is 263 g/mol. The van der Waals surface area contributed by atoms with E-state index < -0.39 is 5.60 Å². The number of para-hydroxylation sites is 1. The van der Waals surface area contributed by atoms with Gasteiger partial charge in [0.1, 0.15) is 5.75 Å². The van der Waals surface area contributed by atoms with Gasteiger partial charge in [0.15, 0.2) is 0 Å². The Morgan fingerprint density at radius 1 is 1.42 bits per heavy atom. The Kier molecular flexibility index (Phi) is 4.48. The number of aliphatic hydroxyl groups is 1. The average Bonchev–Trinajstić information content (AvgIpc) is 2.34. The summed E-state index contributed by atoms with van der Waals surface area (Å²) < 4.78 is 0. The molecule has 3 nitrogen and oxygen atoms in total. The Morgan fingerprint density at radius 3 is 2.95 bits per heavy atom. The predicted octanol–water partition coefficient (Wildman–Crippen LogP) is 2.73. The fraction of sp³-hybridized carbons (Fsp3) is 0.625. The zero-order valence-corrected chi connectivity index (χ0v) is 11.9. The van der Waals surface area contributed by atoms with E-state index in [2.05, 4.69) is 12.2 Å². The van der Waals surface area contributed by atoms with E-state index in [1.54, 1.807) is 0 Å². The van der Waals surface area contributed by atoms with E-state index in [1.807, 2.05) is 25.1 Å². The highest BCUT2D eigenvalue weighted by Crippen LogP contribution is 2.31. The number of hydrogen-bond acceptors (Lipinski definition) is 3. The molecule has 0 heterocycles. The second-order valence-corrected chi connectivity index (χ2v) is 6.11. The smallest absolute Gasteiger partial charge is 0.122 e. The molecule has 3 heteroatoms. The van der Waals surface area contributed by atoms with Crippen LogP contribution in [0.1, 0.15) is 43.7 Å². The van der Waals surface area contributed by atoms with Gasteiger partial charge >= 0.3 is 0 Å². The van der Waals surface area contributed by atoms with Crippen LogP contribution in [0.2, 0.25) is 0 Å². The summed E-state index contributed by atoms with van der Waals surface area (Å²) in [5.74, 6) is 0.965. The van der Waals surface area contributed by atoms with Crippen molar-refractivity contribution in [2.24, 2.45) is 5.92 Å². The van der Waals surface area contributed by atoms with Crippen LogP contribution in [-0.2, 0) is 6.54 Å². The molecule has 2 rings (SSSR count). The van der Waals surface area contributed by atoms with Gasteiger partial charge in [-0.15, -0.1) is 0 Å². The molecule has 1 aliphatic rings. The standard InChI is InChI=1S/C16H25NO2/c1-12-5-4-8-16(19,9-12)11-17-10-14-7-3-6-13(2)15(14)18/h3,6-7,12,17-19H,4-5,8-11H2,1-2H3. The van der Waals surface area contributed by atoms with Crippen LogP contribution in [0.25, 0.3) is 0 Å². The van der Waals surface area contributed by atoms with Crippen molar-refractivity contribution in [2.45, 2.75) is 51.7 Å². The van der Waals surface area contributed by atoms with E-state index in [1.165, 1.54) is 6.42 Å². The van der Waals surface area contributed by atoms with Gasteiger partial charge in [-0.3, -0.25) is 0 Å². The van der Waals surface area contributed by atoms with E-state index in [0.717, 1.165) is 30.4 Å². The Morgan fingerprint density at radius 2 is 2.21 bits per heavy atom. The maximum atomic E-state index is 10.5. The van der Waals surface area contributed by atoms with Gasteiger partial charge in [-0.25, -0.2) is 0 Å². The van der Waals surface area contributed by atoms with Crippen molar-refractivity contribution in [3.8, 4) is 5.75 Å². The number of nitrogens with one attached hydrogen (secondary N) is 1. The van der Waals surface area contributed by atoms with Gasteiger partial charge in [0.05, 0.1) is 5.60 Å². The van der Waals surface area contributed by atoms with Crippen LogP contribution in [0, 0.1) is 12.8 Å². The maximum absolute atomic E-state index is 10.5. The normalized spacial score (nSPS) is 27.4. The van der Waals surface area contributed by atoms with Crippen molar-refractivity contribution in [1.82, 2.24) is 5.32 Å². The van der Waals surface area contributed by atoms with Crippen LogP contribution in [0.15, 0.2) is 18.2 Å². The van der Waals surface area contributed by atoms with Crippen molar-refractivity contribution in [3.63, 3.8) is 0 Å². The maximum Gasteiger partial charge on any atom is 0.122 e. The van der Waals surface area contributed by atoms with Crippen LogP contribution in [0.4, 0.5) is 0 Å². The third-order valence-electron chi connectivity index (χ3n) is 4.16. The van der Waals surface area contributed by atoms with Crippen molar-refractivity contribution >= 4 is 0 Å². The molecule has 106 valence electrons. The first-order valence-corrected chi connectivity index (χ1v) is 7.21. The molecule has 2 atom stereocenters. The van der Waals surface area contributed by atoms with Crippen molar-refractivity contribution in [1.29, 1.82) is 0 Å². The fourth-order valence-electron chi connectivity index (χ4n) is 3.09. The van der Waals surface area contributed by atoms with Gasteiger partial charge in [0, 0.05) is 18.7 Å². The Hall–Kier alpha value is -1.06. The molecule has 1 aromatic rings. The van der Waals surface area contributed by atoms with E-state index in [0.29, 0.717) is 24.8 Å². The Bertz CT molecular complexity index is 433. The molecule has 0 spiro atoms. The lowest BCUT2D eigenvalue weighted by molar-refractivity contribution is -0.0119. The van der Waals surface area contributed by atoms with Crippen LogP contribution >= 0.6 is 0 Å². The largest absolute Gasteiger partial charge is 0.507 e. The second kappa shape index (κ2) is 5.93. The molecular formula is C16H25NO2. The zero-order chi connectivity index (χ0) is 13.9. The van der Waals surface area contributed by atoms with Gasteiger partial charge in [-0.05, 0) is 31.2 Å². The van der Waals surface area contributed by atoms with E-state index in [4.69, 9.17) is 0 Å². The Labute approximate surface area is 115 Å². The third kappa shape index (κ3) is 3.71. The average molecular weight is 263 g/mol. The lowest BCUT2D eigenvalue weighted by atomic mass is 9.79. The zero-order valence-electron chi connectivity index (χ0n) is 11.9. The number of aromatic hydroxyl groups is 1. The quantitative estimate of drug-likeness (QED) is 0.783. The molecule has 2 unspecified atom stereocenters. The highest BCUT2D eigenvalue weighted by atomic mass is 16.3. The summed E-state index contributed by atoms with van der Waals surface area (Å²) in [6, 6.07) is 5.77. The molecule has 0 radical (unpaired) electrons. The highest BCUT2D eigenvalue weighted by Gasteiger charge is 2.32. The summed E-state index contributed by atoms with van der Waals surface area (Å²) >= 11 is 0. The van der Waals surface area contributed by atoms with Crippen molar-refractivity contribution < 1.29 is 10.2 Å². The van der Waals surface area contributed by atoms with E-state index in [9.17, 15) is 10.2 Å². The molecule has 1 aromatic carbocycles. The van der Waals surface area contributed by atoms with Crippen molar-refractivity contribution in [2.75, 3.05) is 6.54 Å². The summed E-state index contributed by atoms with van der Waals surface area (Å²) in [5, 5.41) is 23.7. The minimum atomic E-state index is -0.572. The summed E-state index contributed by atoms with van der Waals surface area (Å²) in [5.41, 5.74) is 1.22. The lowest BCUT2D eigenvalue weighted by Gasteiger charge is -2.35. The number of benzene rings is 1. The second-order valence-electron chi connectivity index (χ2n) is 6.11. The Balaban J connectivity index is 1.87. The molecule has 0 aliphatic heterocycles. The minimum Gasteiger partial charge on any atom is -0.507 e. The van der Waals surface area contributed by atoms with Crippen LogP contribution in [0.3, 0.4) is 0 Å². The van der Waals surface area contributed by atoms with Gasteiger partial charge in [0.25, 0.3) is 0 Å². The molecule has 0 amide bonds. The fourth-order valence-corrected chi connectivity index (χ4v) is 3.09. The topological polar surface area (TPSA) is 52.5 Å². The SMILES string of the molecule is Cc1cccc(CNCC2(O)CCCC(C)C2)c1O. The number of aryl methyl sites for hydroxylation is 1. The number of phenols is 1. The number of phenolic OH excluding ortho intramolecular Hbond substituents is 1. The van der Waals surface area contributed by atoms with Crippen LogP contribution in [0.5, 0.6) is 5.75 Å². The molecule has 0 aromatic heterocycles. The summed E-state index contributed by atoms with van der Waals surface area (Å²) in [6.45, 7) is 5.31. The first-order valence-electron chi connectivity index (χ1n) is 7.21. The molecule has 0 bridgehead atoms. The van der Waals surface area contributed by atoms with Crippen LogP contribution in [-0.4, -0.2) is 22.4 Å². The summed E-state index contributed by atoms with van der Waals surface area (Å²) in [4.78, 5) is 0. The minimum absolute atomic E-state index is 0.360. The van der Waals surface area contributed by atoms with Gasteiger partial charge in [0.2, 0.25) is 0 Å². The number of rotatable bonds is 4.